The molecule has 1 aromatic heterocycles. The highest BCUT2D eigenvalue weighted by atomic mass is 19.1. The molecule has 6 heteroatoms. The van der Waals surface area contributed by atoms with Gasteiger partial charge < -0.3 is 14.4 Å². The van der Waals surface area contributed by atoms with Gasteiger partial charge in [-0.2, -0.15) is 0 Å². The van der Waals surface area contributed by atoms with Crippen LogP contribution in [0.1, 0.15) is 34.6 Å². The molecule has 28 heavy (non-hydrogen) atoms. The Morgan fingerprint density at radius 1 is 1.07 bits per heavy atom. The summed E-state index contributed by atoms with van der Waals surface area (Å²) in [6.07, 6.45) is 1.82. The Morgan fingerprint density at radius 2 is 1.79 bits per heavy atom. The van der Waals surface area contributed by atoms with Crippen LogP contribution in [-0.2, 0) is 17.8 Å². The maximum atomic E-state index is 13.6. The zero-order chi connectivity index (χ0) is 20.1. The van der Waals surface area contributed by atoms with Crippen molar-refractivity contribution >= 4 is 11.8 Å². The standard InChI is InChI=1S/C22H20FNO4/c1-15(25)20-7-4-12-24(20)21(22(26)27)13-16-8-10-18(11-9-16)28-14-17-5-2-3-6-19(17)23/h2-12,21H,13-14H2,1H3,(H,26,27)/t21-/m0/s1. The van der Waals surface area contributed by atoms with E-state index in [4.69, 9.17) is 4.74 Å². The maximum absolute atomic E-state index is 13.6. The second-order valence-corrected chi connectivity index (χ2v) is 6.44. The van der Waals surface area contributed by atoms with Crippen LogP contribution in [0.5, 0.6) is 5.75 Å². The van der Waals surface area contributed by atoms with E-state index < -0.39 is 12.0 Å². The van der Waals surface area contributed by atoms with Gasteiger partial charge in [-0.15, -0.1) is 0 Å². The van der Waals surface area contributed by atoms with Gasteiger partial charge >= 0.3 is 5.97 Å². The number of hydrogen-bond acceptors (Lipinski definition) is 3. The number of ether oxygens (including phenoxy) is 1. The molecule has 0 aliphatic carbocycles. The molecule has 0 aliphatic heterocycles. The molecule has 0 spiro atoms. The van der Waals surface area contributed by atoms with Crippen LogP contribution in [0.25, 0.3) is 0 Å². The van der Waals surface area contributed by atoms with Gasteiger partial charge in [-0.3, -0.25) is 4.79 Å². The molecule has 0 unspecified atom stereocenters. The summed E-state index contributed by atoms with van der Waals surface area (Å²) in [4.78, 5) is 23.5. The minimum atomic E-state index is -1.02. The first-order chi connectivity index (χ1) is 13.5. The minimum absolute atomic E-state index is 0.106. The predicted octanol–water partition coefficient (Wildman–Crippen LogP) is 4.28. The van der Waals surface area contributed by atoms with Crippen LogP contribution in [-0.4, -0.2) is 21.4 Å². The number of hydrogen-bond donors (Lipinski definition) is 1. The summed E-state index contributed by atoms with van der Waals surface area (Å²) < 4.78 is 20.7. The number of halogens is 1. The van der Waals surface area contributed by atoms with Crippen molar-refractivity contribution in [3.8, 4) is 5.75 Å². The van der Waals surface area contributed by atoms with Crippen molar-refractivity contribution < 1.29 is 23.8 Å². The van der Waals surface area contributed by atoms with Gasteiger partial charge in [-0.25, -0.2) is 9.18 Å². The molecule has 0 fully saturated rings. The summed E-state index contributed by atoms with van der Waals surface area (Å²) >= 11 is 0. The first kappa shape index (κ1) is 19.4. The van der Waals surface area contributed by atoms with E-state index in [2.05, 4.69) is 0 Å². The van der Waals surface area contributed by atoms with Crippen molar-refractivity contribution in [1.29, 1.82) is 0 Å². The number of benzene rings is 2. The van der Waals surface area contributed by atoms with Gasteiger partial charge in [-0.05, 0) is 35.9 Å². The molecule has 0 aliphatic rings. The van der Waals surface area contributed by atoms with Gasteiger partial charge in [0.15, 0.2) is 5.78 Å². The van der Waals surface area contributed by atoms with Crippen LogP contribution in [0, 0.1) is 5.82 Å². The SMILES string of the molecule is CC(=O)c1cccn1[C@@H](Cc1ccc(OCc2ccccc2F)cc1)C(=O)O. The summed E-state index contributed by atoms with van der Waals surface area (Å²) in [5.74, 6) is -0.965. The summed E-state index contributed by atoms with van der Waals surface area (Å²) in [7, 11) is 0. The molecule has 1 heterocycles. The van der Waals surface area contributed by atoms with Gasteiger partial charge in [0, 0.05) is 25.1 Å². The number of carboxylic acid groups (broad SMARTS) is 1. The molecule has 5 nitrogen and oxygen atoms in total. The van der Waals surface area contributed by atoms with E-state index in [1.165, 1.54) is 17.6 Å². The number of aliphatic carboxylic acids is 1. The van der Waals surface area contributed by atoms with E-state index in [9.17, 15) is 19.1 Å². The Bertz CT molecular complexity index is 978. The monoisotopic (exact) mass is 381 g/mol. The Hall–Kier alpha value is -3.41. The molecule has 0 amide bonds. The van der Waals surface area contributed by atoms with Gasteiger partial charge in [0.1, 0.15) is 24.2 Å². The second kappa shape index (κ2) is 8.52. The summed E-state index contributed by atoms with van der Waals surface area (Å²) in [5.41, 5.74) is 1.60. The molecule has 1 atom stereocenters. The third-order valence-electron chi connectivity index (χ3n) is 4.47. The fraction of sp³-hybridized carbons (Fsp3) is 0.182. The lowest BCUT2D eigenvalue weighted by atomic mass is 10.1. The number of aromatic nitrogens is 1. The molecule has 144 valence electrons. The minimum Gasteiger partial charge on any atom is -0.489 e. The molecular formula is C22H20FNO4. The third kappa shape index (κ3) is 4.46. The summed E-state index contributed by atoms with van der Waals surface area (Å²) in [6, 6.07) is 15.8. The zero-order valence-electron chi connectivity index (χ0n) is 15.3. The number of nitrogens with zero attached hydrogens (tertiary/aromatic N) is 1. The van der Waals surface area contributed by atoms with Crippen LogP contribution in [0.15, 0.2) is 66.9 Å². The molecule has 0 radical (unpaired) electrons. The van der Waals surface area contributed by atoms with Gasteiger partial charge in [0.25, 0.3) is 0 Å². The number of carbonyl (C=O) groups excluding carboxylic acids is 1. The number of ketones is 1. The van der Waals surface area contributed by atoms with E-state index in [1.54, 1.807) is 60.8 Å². The number of carbonyl (C=O) groups is 2. The van der Waals surface area contributed by atoms with Gasteiger partial charge in [0.05, 0.1) is 5.69 Å². The van der Waals surface area contributed by atoms with Crippen molar-refractivity contribution in [1.82, 2.24) is 4.57 Å². The first-order valence-corrected chi connectivity index (χ1v) is 8.81. The second-order valence-electron chi connectivity index (χ2n) is 6.44. The molecule has 3 aromatic rings. The van der Waals surface area contributed by atoms with Crippen LogP contribution in [0.3, 0.4) is 0 Å². The summed E-state index contributed by atoms with van der Waals surface area (Å²) in [6.45, 7) is 1.52. The van der Waals surface area contributed by atoms with Crippen LogP contribution in [0.4, 0.5) is 4.39 Å². The Balaban J connectivity index is 1.70. The zero-order valence-corrected chi connectivity index (χ0v) is 15.3. The molecule has 1 N–H and O–H groups in total. The topological polar surface area (TPSA) is 68.5 Å². The van der Waals surface area contributed by atoms with Crippen molar-refractivity contribution in [2.45, 2.75) is 26.0 Å². The highest BCUT2D eigenvalue weighted by molar-refractivity contribution is 5.93. The average Bonchev–Trinajstić information content (AvgIpc) is 3.16. The van der Waals surface area contributed by atoms with Crippen molar-refractivity contribution in [2.75, 3.05) is 0 Å². The van der Waals surface area contributed by atoms with E-state index in [0.29, 0.717) is 17.0 Å². The summed E-state index contributed by atoms with van der Waals surface area (Å²) in [5, 5.41) is 9.61. The number of Topliss-reactive ketones (excluding diaryl/α,β-unsaturated/α-hetero) is 1. The highest BCUT2D eigenvalue weighted by Crippen LogP contribution is 2.21. The fourth-order valence-corrected chi connectivity index (χ4v) is 2.99. The molecule has 0 bridgehead atoms. The molecule has 0 saturated carbocycles. The predicted molar refractivity (Wildman–Crippen MR) is 102 cm³/mol. The Kier molecular flexibility index (Phi) is 5.89. The molecule has 2 aromatic carbocycles. The average molecular weight is 381 g/mol. The van der Waals surface area contributed by atoms with Gasteiger partial charge in [-0.1, -0.05) is 30.3 Å². The highest BCUT2D eigenvalue weighted by Gasteiger charge is 2.23. The lowest BCUT2D eigenvalue weighted by molar-refractivity contribution is -0.140. The van der Waals surface area contributed by atoms with Crippen LogP contribution >= 0.6 is 0 Å². The molecule has 0 saturated heterocycles. The normalized spacial score (nSPS) is 11.8. The van der Waals surface area contributed by atoms with Crippen LogP contribution in [0.2, 0.25) is 0 Å². The largest absolute Gasteiger partial charge is 0.489 e. The lowest BCUT2D eigenvalue weighted by Gasteiger charge is -2.17. The smallest absolute Gasteiger partial charge is 0.327 e. The van der Waals surface area contributed by atoms with Gasteiger partial charge in [0.2, 0.25) is 0 Å². The van der Waals surface area contributed by atoms with E-state index >= 15 is 0 Å². The quantitative estimate of drug-likeness (QED) is 0.592. The van der Waals surface area contributed by atoms with Crippen LogP contribution < -0.4 is 4.74 Å². The molecule has 3 rings (SSSR count). The van der Waals surface area contributed by atoms with E-state index in [1.807, 2.05) is 0 Å². The van der Waals surface area contributed by atoms with Crippen molar-refractivity contribution in [2.24, 2.45) is 0 Å². The Labute approximate surface area is 162 Å². The fourth-order valence-electron chi connectivity index (χ4n) is 2.99. The Morgan fingerprint density at radius 3 is 2.43 bits per heavy atom. The number of rotatable bonds is 8. The molecular weight excluding hydrogens is 361 g/mol. The number of carboxylic acids is 1. The first-order valence-electron chi connectivity index (χ1n) is 8.81. The lowest BCUT2D eigenvalue weighted by Crippen LogP contribution is -2.23. The van der Waals surface area contributed by atoms with E-state index in [-0.39, 0.29) is 24.6 Å². The van der Waals surface area contributed by atoms with Crippen molar-refractivity contribution in [3.05, 3.63) is 89.5 Å². The third-order valence-corrected chi connectivity index (χ3v) is 4.47. The maximum Gasteiger partial charge on any atom is 0.327 e. The van der Waals surface area contributed by atoms with E-state index in [0.717, 1.165) is 5.56 Å². The van der Waals surface area contributed by atoms with Crippen molar-refractivity contribution in [3.63, 3.8) is 0 Å².